The molecule has 1 fully saturated rings. The molecule has 226 valence electrons. The van der Waals surface area contributed by atoms with Gasteiger partial charge in [-0.3, -0.25) is 18.9 Å². The molecule has 1 saturated heterocycles. The summed E-state index contributed by atoms with van der Waals surface area (Å²) in [5.41, 5.74) is 5.15. The molecule has 1 aromatic carbocycles. The van der Waals surface area contributed by atoms with Crippen molar-refractivity contribution in [1.82, 2.24) is 14.7 Å². The summed E-state index contributed by atoms with van der Waals surface area (Å²) < 4.78 is 38.1. The van der Waals surface area contributed by atoms with Gasteiger partial charge in [-0.2, -0.15) is 10.2 Å². The van der Waals surface area contributed by atoms with E-state index >= 15 is 0 Å². The second-order valence-electron chi connectivity index (χ2n) is 10.1. The van der Waals surface area contributed by atoms with E-state index in [4.69, 9.17) is 30.8 Å². The molecule has 1 unspecified atom stereocenters. The zero-order valence-electron chi connectivity index (χ0n) is 23.6. The summed E-state index contributed by atoms with van der Waals surface area (Å²) in [4.78, 5) is 16.2. The fourth-order valence-corrected chi connectivity index (χ4v) is 6.08. The minimum atomic E-state index is -4.39. The number of nitrogens with zero attached hydrogens (tertiary/aromatic N) is 3. The van der Waals surface area contributed by atoms with Crippen LogP contribution in [0.25, 0.3) is 10.4 Å². The van der Waals surface area contributed by atoms with Gasteiger partial charge in [0.05, 0.1) is 23.5 Å². The van der Waals surface area contributed by atoms with Crippen LogP contribution >= 0.6 is 7.75 Å². The Balaban J connectivity index is 1.55. The SMILES string of the molecule is [C-]#[N+][C@]1(COP(=O)(N[C@@H](C)C(=O)OCC(CC)CC)Oc2ccccc2)O[C@@H](c2ccc3c(N)ccnn23)[C@H](O)[C@@H]1O. The van der Waals surface area contributed by atoms with E-state index in [1.807, 2.05) is 13.8 Å². The van der Waals surface area contributed by atoms with E-state index in [9.17, 15) is 19.6 Å². The van der Waals surface area contributed by atoms with Crippen molar-refractivity contribution in [2.75, 3.05) is 18.9 Å². The van der Waals surface area contributed by atoms with E-state index < -0.39 is 50.4 Å². The Kier molecular flexibility index (Phi) is 9.89. The molecule has 0 radical (unpaired) electrons. The van der Waals surface area contributed by atoms with Gasteiger partial charge in [0.25, 0.3) is 0 Å². The Hall–Kier alpha value is -3.50. The zero-order valence-corrected chi connectivity index (χ0v) is 24.5. The smallest absolute Gasteiger partial charge is 0.459 e. The number of benzene rings is 1. The molecule has 6 atom stereocenters. The van der Waals surface area contributed by atoms with Gasteiger partial charge in [-0.1, -0.05) is 44.9 Å². The molecule has 0 aliphatic carbocycles. The van der Waals surface area contributed by atoms with Crippen LogP contribution in [0.3, 0.4) is 0 Å². The molecule has 2 aromatic heterocycles. The van der Waals surface area contributed by atoms with Gasteiger partial charge in [-0.05, 0) is 43.2 Å². The molecular weight excluding hydrogens is 565 g/mol. The number of hydrogen-bond acceptors (Lipinski definition) is 10. The first-order valence-electron chi connectivity index (χ1n) is 13.6. The Morgan fingerprint density at radius 2 is 1.95 bits per heavy atom. The molecule has 14 heteroatoms. The zero-order chi connectivity index (χ0) is 30.5. The highest BCUT2D eigenvalue weighted by Gasteiger charge is 2.62. The van der Waals surface area contributed by atoms with Gasteiger partial charge >= 0.3 is 19.4 Å². The lowest BCUT2D eigenvalue weighted by Crippen LogP contribution is -2.45. The summed E-state index contributed by atoms with van der Waals surface area (Å²) in [6.45, 7) is 12.7. The molecule has 1 aliphatic heterocycles. The highest BCUT2D eigenvalue weighted by atomic mass is 31.2. The lowest BCUT2D eigenvalue weighted by molar-refractivity contribution is -0.146. The van der Waals surface area contributed by atoms with Gasteiger partial charge in [0.1, 0.15) is 24.0 Å². The van der Waals surface area contributed by atoms with Gasteiger partial charge in [0, 0.05) is 6.20 Å². The van der Waals surface area contributed by atoms with E-state index in [-0.39, 0.29) is 18.3 Å². The van der Waals surface area contributed by atoms with Crippen LogP contribution in [0.15, 0.2) is 54.7 Å². The number of carbonyl (C=O) groups excluding carboxylic acids is 1. The summed E-state index contributed by atoms with van der Waals surface area (Å²) in [7, 11) is -4.39. The van der Waals surface area contributed by atoms with Crippen molar-refractivity contribution in [1.29, 1.82) is 0 Å². The number of nitrogens with one attached hydrogen (secondary N) is 1. The van der Waals surface area contributed by atoms with Crippen molar-refractivity contribution in [3.63, 3.8) is 0 Å². The van der Waals surface area contributed by atoms with Crippen molar-refractivity contribution in [3.8, 4) is 5.75 Å². The first-order valence-corrected chi connectivity index (χ1v) is 15.2. The number of para-hydroxylation sites is 1. The number of aliphatic hydroxyl groups excluding tert-OH is 2. The maximum absolute atomic E-state index is 14.0. The Bertz CT molecular complexity index is 1460. The van der Waals surface area contributed by atoms with Crippen LogP contribution in [0.1, 0.15) is 45.4 Å². The van der Waals surface area contributed by atoms with Crippen molar-refractivity contribution in [2.45, 2.75) is 63.7 Å². The number of nitrogens with two attached hydrogens (primary N) is 1. The molecule has 13 nitrogen and oxygen atoms in total. The average Bonchev–Trinajstić information content (AvgIpc) is 3.52. The van der Waals surface area contributed by atoms with E-state index in [2.05, 4.69) is 15.0 Å². The first-order chi connectivity index (χ1) is 20.1. The number of aromatic nitrogens is 2. The number of ether oxygens (including phenoxy) is 2. The van der Waals surface area contributed by atoms with Crippen LogP contribution in [0, 0.1) is 12.5 Å². The monoisotopic (exact) mass is 601 g/mol. The lowest BCUT2D eigenvalue weighted by atomic mass is 10.0. The lowest BCUT2D eigenvalue weighted by Gasteiger charge is -2.26. The number of carbonyl (C=O) groups is 1. The fraction of sp³-hybridized carbons (Fsp3) is 0.464. The van der Waals surface area contributed by atoms with E-state index in [0.717, 1.165) is 12.8 Å². The number of hydrogen-bond donors (Lipinski definition) is 4. The third-order valence-corrected chi connectivity index (χ3v) is 8.88. The minimum Gasteiger partial charge on any atom is -0.464 e. The quantitative estimate of drug-likeness (QED) is 0.128. The maximum atomic E-state index is 14.0. The summed E-state index contributed by atoms with van der Waals surface area (Å²) >= 11 is 0. The van der Waals surface area contributed by atoms with Crippen LogP contribution in [0.5, 0.6) is 5.75 Å². The second kappa shape index (κ2) is 13.2. The summed E-state index contributed by atoms with van der Waals surface area (Å²) in [6, 6.07) is 11.9. The largest absolute Gasteiger partial charge is 0.464 e. The van der Waals surface area contributed by atoms with E-state index in [1.54, 1.807) is 36.4 Å². The molecule has 0 bridgehead atoms. The van der Waals surface area contributed by atoms with E-state index in [0.29, 0.717) is 16.9 Å². The van der Waals surface area contributed by atoms with Crippen LogP contribution < -0.4 is 15.3 Å². The number of anilines is 1. The maximum Gasteiger partial charge on any atom is 0.459 e. The van der Waals surface area contributed by atoms with Gasteiger partial charge in [-0.15, -0.1) is 0 Å². The third-order valence-electron chi connectivity index (χ3n) is 7.26. The van der Waals surface area contributed by atoms with Gasteiger partial charge in [0.15, 0.2) is 12.7 Å². The third kappa shape index (κ3) is 6.60. The predicted octanol–water partition coefficient (Wildman–Crippen LogP) is 3.49. The van der Waals surface area contributed by atoms with Gasteiger partial charge < -0.3 is 25.2 Å². The van der Waals surface area contributed by atoms with Crippen LogP contribution in [0.2, 0.25) is 0 Å². The standard InChI is InChI=1S/C28H36N5O8P/c1-5-19(6-2)16-38-27(36)18(3)32-42(37,41-20-10-8-7-9-11-20)39-17-28(30-4)26(35)24(34)25(40-28)23-13-12-22-21(29)14-15-31-33(22)23/h7-15,18-19,24-26,34-35H,5-6,16-17,29H2,1-3H3,(H,32,37)/t18-,24-,25-,26-,28+,42?/m0/s1. The molecule has 0 amide bonds. The van der Waals surface area contributed by atoms with Crippen molar-refractivity contribution < 1.29 is 38.1 Å². The van der Waals surface area contributed by atoms with Crippen molar-refractivity contribution in [3.05, 3.63) is 71.8 Å². The number of fused-ring (bicyclic) bond motifs is 1. The Morgan fingerprint density at radius 3 is 2.62 bits per heavy atom. The second-order valence-corrected chi connectivity index (χ2v) is 11.8. The van der Waals surface area contributed by atoms with Gasteiger partial charge in [0.2, 0.25) is 0 Å². The van der Waals surface area contributed by atoms with Crippen molar-refractivity contribution >= 4 is 24.9 Å². The molecule has 0 spiro atoms. The summed E-state index contributed by atoms with van der Waals surface area (Å²) in [5.74, 6) is -0.313. The molecule has 1 aliphatic rings. The molecule has 5 N–H and O–H groups in total. The highest BCUT2D eigenvalue weighted by Crippen LogP contribution is 2.49. The normalized spacial score (nSPS) is 24.3. The van der Waals surface area contributed by atoms with Crippen LogP contribution in [0.4, 0.5) is 5.69 Å². The minimum absolute atomic E-state index is 0.164. The molecular formula is C28H36N5O8P. The molecule has 3 aromatic rings. The van der Waals surface area contributed by atoms with E-state index in [1.165, 1.54) is 29.8 Å². The summed E-state index contributed by atoms with van der Waals surface area (Å²) in [5, 5.41) is 28.7. The van der Waals surface area contributed by atoms with Crippen LogP contribution in [-0.4, -0.2) is 63.0 Å². The average molecular weight is 602 g/mol. The van der Waals surface area contributed by atoms with Crippen molar-refractivity contribution in [2.24, 2.45) is 5.92 Å². The number of rotatable bonds is 13. The number of esters is 1. The predicted molar refractivity (Wildman–Crippen MR) is 153 cm³/mol. The summed E-state index contributed by atoms with van der Waals surface area (Å²) in [6.07, 6.45) is -1.39. The highest BCUT2D eigenvalue weighted by molar-refractivity contribution is 7.52. The number of aliphatic hydroxyl groups is 2. The molecule has 4 rings (SSSR count). The molecule has 3 heterocycles. The topological polar surface area (TPSA) is 171 Å². The Morgan fingerprint density at radius 1 is 1.24 bits per heavy atom. The van der Waals surface area contributed by atoms with Gasteiger partial charge in [-0.25, -0.2) is 15.7 Å². The molecule has 0 saturated carbocycles. The van der Waals surface area contributed by atoms with Crippen LogP contribution in [-0.2, 0) is 23.4 Å². The first kappa shape index (κ1) is 31.4. The Labute approximate surface area is 243 Å². The number of nitrogen functional groups attached to an aromatic ring is 1. The fourth-order valence-electron chi connectivity index (χ4n) is 4.57. The molecule has 42 heavy (non-hydrogen) atoms.